The zero-order chi connectivity index (χ0) is 38.5. The number of alkyl halides is 1. The first-order valence-electron chi connectivity index (χ1n) is 17.7. The third-order valence-corrected chi connectivity index (χ3v) is 13.5. The van der Waals surface area contributed by atoms with Crippen molar-refractivity contribution < 1.29 is 66.6 Å². The number of cyclic esters (lactones) is 1. The minimum absolute atomic E-state index is 0.00250. The molecule has 15 heteroatoms. The number of hydrogen-bond acceptors (Lipinski definition) is 14. The Morgan fingerprint density at radius 2 is 1.60 bits per heavy atom. The Kier molecular flexibility index (Phi) is 11.1. The number of halogens is 1. The summed E-state index contributed by atoms with van der Waals surface area (Å²) in [5.41, 5.74) is -1.87. The van der Waals surface area contributed by atoms with Crippen LogP contribution in [-0.2, 0) is 68.5 Å². The van der Waals surface area contributed by atoms with Crippen molar-refractivity contribution in [2.45, 2.75) is 88.1 Å². The zero-order valence-corrected chi connectivity index (χ0v) is 32.3. The summed E-state index contributed by atoms with van der Waals surface area (Å²) in [5.74, 6) is -6.21. The molecule has 0 radical (unpaired) electrons. The number of rotatable bonds is 12. The second-order valence-corrected chi connectivity index (χ2v) is 15.7. The standard InChI is InChI=1S/C38H47BrO14/c1-19-27(53-38(47-7)24-12-26(33(38)39)28(13-24)48-16-23-8-10-25(45-5)11-9-23)14-29-36(17-50-34(43)32(19)36)30(51-21(3)41)15-31(52-22(4)42)37(29,35(44)46-6)18-49-20(2)40/h8-11,24,26-33H,1,12-18H2,2-7H3/t24-,26+,27+,28+,29+,30-,31+,32?,33+,36+,37+,38+/m0/s1. The number of methoxy groups -OCH3 is 3. The molecule has 5 aliphatic rings. The topological polar surface area (TPSA) is 168 Å². The van der Waals surface area contributed by atoms with E-state index in [9.17, 15) is 24.0 Å². The predicted octanol–water partition coefficient (Wildman–Crippen LogP) is 3.84. The Labute approximate surface area is 316 Å². The summed E-state index contributed by atoms with van der Waals surface area (Å²) in [6.45, 7) is 7.58. The van der Waals surface area contributed by atoms with E-state index in [0.717, 1.165) is 17.7 Å². The van der Waals surface area contributed by atoms with Gasteiger partial charge in [0.05, 0.1) is 49.2 Å². The van der Waals surface area contributed by atoms with Crippen LogP contribution in [0.2, 0.25) is 0 Å². The summed E-state index contributed by atoms with van der Waals surface area (Å²) in [4.78, 5) is 65.2. The number of hydrogen-bond donors (Lipinski definition) is 0. The molecule has 1 aromatic carbocycles. The van der Waals surface area contributed by atoms with E-state index in [1.54, 1.807) is 14.2 Å². The monoisotopic (exact) mass is 806 g/mol. The van der Waals surface area contributed by atoms with Gasteiger partial charge >= 0.3 is 29.8 Å². The molecule has 1 unspecified atom stereocenters. The van der Waals surface area contributed by atoms with E-state index >= 15 is 0 Å². The van der Waals surface area contributed by atoms with Gasteiger partial charge in [-0.3, -0.25) is 24.0 Å². The average molecular weight is 808 g/mol. The van der Waals surface area contributed by atoms with E-state index in [1.165, 1.54) is 27.9 Å². The smallest absolute Gasteiger partial charge is 0.319 e. The van der Waals surface area contributed by atoms with Gasteiger partial charge in [0.2, 0.25) is 0 Å². The molecule has 5 fully saturated rings. The van der Waals surface area contributed by atoms with Crippen molar-refractivity contribution in [3.05, 3.63) is 42.0 Å². The van der Waals surface area contributed by atoms with Crippen LogP contribution in [0.25, 0.3) is 0 Å². The molecule has 1 aliphatic heterocycles. The lowest BCUT2D eigenvalue weighted by Gasteiger charge is -2.61. The first-order chi connectivity index (χ1) is 25.2. The van der Waals surface area contributed by atoms with Crippen LogP contribution in [-0.4, -0.2) is 99.4 Å². The fourth-order valence-electron chi connectivity index (χ4n) is 9.99. The number of esters is 5. The van der Waals surface area contributed by atoms with Crippen LogP contribution < -0.4 is 4.74 Å². The molecule has 1 spiro atoms. The Hall–Kier alpha value is -3.53. The van der Waals surface area contributed by atoms with E-state index in [4.69, 9.17) is 42.6 Å². The molecule has 12 atom stereocenters. The van der Waals surface area contributed by atoms with Crippen LogP contribution >= 0.6 is 15.9 Å². The molecular weight excluding hydrogens is 760 g/mol. The van der Waals surface area contributed by atoms with E-state index in [2.05, 4.69) is 22.5 Å². The van der Waals surface area contributed by atoms with Gasteiger partial charge < -0.3 is 42.6 Å². The maximum absolute atomic E-state index is 14.2. The molecule has 4 aliphatic carbocycles. The highest BCUT2D eigenvalue weighted by atomic mass is 79.9. The average Bonchev–Trinajstić information content (AvgIpc) is 3.79. The highest BCUT2D eigenvalue weighted by Crippen LogP contribution is 2.67. The van der Waals surface area contributed by atoms with Crippen molar-refractivity contribution in [1.29, 1.82) is 0 Å². The molecule has 4 saturated carbocycles. The van der Waals surface area contributed by atoms with Crippen molar-refractivity contribution in [3.8, 4) is 5.75 Å². The number of carbonyl (C=O) groups excluding carboxylic acids is 5. The summed E-state index contributed by atoms with van der Waals surface area (Å²) >= 11 is 3.90. The zero-order valence-electron chi connectivity index (χ0n) is 30.8. The molecule has 0 N–H and O–H groups in total. The van der Waals surface area contributed by atoms with Gasteiger partial charge in [-0.1, -0.05) is 34.6 Å². The van der Waals surface area contributed by atoms with Crippen molar-refractivity contribution in [3.63, 3.8) is 0 Å². The van der Waals surface area contributed by atoms with Gasteiger partial charge in [-0.05, 0) is 48.4 Å². The number of fused-ring (bicyclic) bond motifs is 2. The predicted molar refractivity (Wildman–Crippen MR) is 186 cm³/mol. The first-order valence-corrected chi connectivity index (χ1v) is 18.6. The largest absolute Gasteiger partial charge is 0.497 e. The Balaban J connectivity index is 1.36. The normalized spacial score (nSPS) is 38.3. The van der Waals surface area contributed by atoms with Crippen molar-refractivity contribution in [2.24, 2.45) is 34.5 Å². The minimum Gasteiger partial charge on any atom is -0.497 e. The third-order valence-electron chi connectivity index (χ3n) is 12.2. The van der Waals surface area contributed by atoms with Crippen LogP contribution in [0.1, 0.15) is 52.0 Å². The summed E-state index contributed by atoms with van der Waals surface area (Å²) in [7, 11) is 4.36. The lowest BCUT2D eigenvalue weighted by Crippen LogP contribution is -2.71. The van der Waals surface area contributed by atoms with Crippen molar-refractivity contribution >= 4 is 45.8 Å². The van der Waals surface area contributed by atoms with Gasteiger partial charge in [-0.25, -0.2) is 0 Å². The maximum Gasteiger partial charge on any atom is 0.319 e. The summed E-state index contributed by atoms with van der Waals surface area (Å²) < 4.78 is 53.3. The molecule has 2 bridgehead atoms. The van der Waals surface area contributed by atoms with Gasteiger partial charge in [0.1, 0.15) is 36.6 Å². The third kappa shape index (κ3) is 6.44. The molecule has 6 rings (SSSR count). The van der Waals surface area contributed by atoms with E-state index in [-0.39, 0.29) is 42.2 Å². The summed E-state index contributed by atoms with van der Waals surface area (Å²) in [5, 5.41) is 0. The van der Waals surface area contributed by atoms with E-state index in [1.807, 2.05) is 24.3 Å². The second kappa shape index (κ2) is 15.0. The van der Waals surface area contributed by atoms with Crippen LogP contribution in [0.3, 0.4) is 0 Å². The highest BCUT2D eigenvalue weighted by molar-refractivity contribution is 9.09. The molecule has 1 heterocycles. The molecule has 53 heavy (non-hydrogen) atoms. The molecule has 290 valence electrons. The molecule has 14 nitrogen and oxygen atoms in total. The number of carbonyl (C=O) groups is 5. The van der Waals surface area contributed by atoms with Crippen LogP contribution in [0.4, 0.5) is 0 Å². The summed E-state index contributed by atoms with van der Waals surface area (Å²) in [6, 6.07) is 7.70. The van der Waals surface area contributed by atoms with Gasteiger partial charge in [-0.2, -0.15) is 0 Å². The fraction of sp³-hybridized carbons (Fsp3) is 0.658. The Morgan fingerprint density at radius 3 is 2.19 bits per heavy atom. The lowest BCUT2D eigenvalue weighted by molar-refractivity contribution is -0.287. The van der Waals surface area contributed by atoms with E-state index in [0.29, 0.717) is 18.6 Å². The molecule has 0 aromatic heterocycles. The van der Waals surface area contributed by atoms with E-state index < -0.39 is 83.2 Å². The van der Waals surface area contributed by atoms with Gasteiger partial charge in [0.25, 0.3) is 0 Å². The van der Waals surface area contributed by atoms with Crippen LogP contribution in [0, 0.1) is 34.5 Å². The SMILES string of the molecule is C=C1C2C(=O)OC[C@@]23[C@@H](OC(C)=O)C[C@@H](OC(C)=O)[C@](COC(C)=O)(C(=O)OC)[C@@H]3C[C@H]1O[C@]1(OC)[C@H]2C[C@@H]([C@H]1Br)[C@H](OCc1ccc(OC)cc1)C2. The second-order valence-electron chi connectivity index (χ2n) is 14.7. The number of ether oxygens (including phenoxy) is 9. The molecule has 0 amide bonds. The Morgan fingerprint density at radius 1 is 0.925 bits per heavy atom. The fourth-order valence-corrected chi connectivity index (χ4v) is 11.2. The Bertz CT molecular complexity index is 1630. The van der Waals surface area contributed by atoms with Gasteiger partial charge in [0.15, 0.2) is 5.79 Å². The number of benzene rings is 1. The minimum atomic E-state index is -1.86. The molecule has 1 aromatic rings. The quantitative estimate of drug-likeness (QED) is 0.0983. The molecular formula is C38H47BrO14. The van der Waals surface area contributed by atoms with Gasteiger partial charge in [0, 0.05) is 46.1 Å². The first kappa shape index (κ1) is 39.2. The van der Waals surface area contributed by atoms with Crippen molar-refractivity contribution in [2.75, 3.05) is 34.5 Å². The van der Waals surface area contributed by atoms with Crippen molar-refractivity contribution in [1.82, 2.24) is 0 Å². The molecule has 1 saturated heterocycles. The van der Waals surface area contributed by atoms with Crippen LogP contribution in [0.5, 0.6) is 5.75 Å². The summed E-state index contributed by atoms with van der Waals surface area (Å²) in [6.07, 6.45) is -2.20. The van der Waals surface area contributed by atoms with Gasteiger partial charge in [-0.15, -0.1) is 0 Å². The lowest BCUT2D eigenvalue weighted by atomic mass is 9.44. The van der Waals surface area contributed by atoms with Crippen LogP contribution in [0.15, 0.2) is 36.4 Å². The highest BCUT2D eigenvalue weighted by Gasteiger charge is 2.77. The maximum atomic E-state index is 14.2.